The van der Waals surface area contributed by atoms with Crippen molar-refractivity contribution in [3.8, 4) is 22.4 Å². The highest BCUT2D eigenvalue weighted by Crippen LogP contribution is 2.38. The molecule has 0 radical (unpaired) electrons. The third-order valence-electron chi connectivity index (χ3n) is 3.37. The normalized spacial score (nSPS) is 10.7. The molecule has 0 aliphatic carbocycles. The van der Waals surface area contributed by atoms with Gasteiger partial charge in [-0.1, -0.05) is 41.0 Å². The van der Waals surface area contributed by atoms with E-state index in [0.29, 0.717) is 21.0 Å². The third kappa shape index (κ3) is 3.32. The van der Waals surface area contributed by atoms with E-state index in [1.54, 1.807) is 24.5 Å². The number of rotatable bonds is 4. The molecule has 3 N–H and O–H groups in total. The number of anilines is 1. The number of thioether (sulfide) groups is 1. The van der Waals surface area contributed by atoms with Gasteiger partial charge >= 0.3 is 0 Å². The Balaban J connectivity index is 2.31. The van der Waals surface area contributed by atoms with E-state index in [9.17, 15) is 0 Å². The van der Waals surface area contributed by atoms with Gasteiger partial charge < -0.3 is 5.43 Å². The minimum Gasteiger partial charge on any atom is -0.308 e. The molecular formula is C16H13Cl2N5S. The van der Waals surface area contributed by atoms with Gasteiger partial charge in [0.1, 0.15) is 0 Å². The lowest BCUT2D eigenvalue weighted by Crippen LogP contribution is -2.12. The smallest absolute Gasteiger partial charge is 0.189 e. The van der Waals surface area contributed by atoms with Gasteiger partial charge in [0.25, 0.3) is 0 Å². The van der Waals surface area contributed by atoms with Crippen molar-refractivity contribution < 1.29 is 0 Å². The highest BCUT2D eigenvalue weighted by molar-refractivity contribution is 7.98. The van der Waals surface area contributed by atoms with Gasteiger partial charge in [-0.25, -0.2) is 15.8 Å². The summed E-state index contributed by atoms with van der Waals surface area (Å²) in [5.74, 6) is 6.22. The van der Waals surface area contributed by atoms with Crippen molar-refractivity contribution >= 4 is 40.8 Å². The number of hydrazine groups is 1. The molecule has 8 heteroatoms. The van der Waals surface area contributed by atoms with Crippen molar-refractivity contribution in [3.05, 3.63) is 52.8 Å². The highest BCUT2D eigenvalue weighted by atomic mass is 35.5. The fourth-order valence-electron chi connectivity index (χ4n) is 2.28. The number of pyridine rings is 1. The fraction of sp³-hybridized carbons (Fsp3) is 0.0625. The standard InChI is InChI=1S/C16H13Cl2N5S/c1-24-16-21-14(9-4-6-20-7-5-9)13(15(22-16)23-19)10-2-3-11(17)12(18)8-10/h2-8H,19H2,1H3,(H,21,22,23). The lowest BCUT2D eigenvalue weighted by atomic mass is 10.0. The summed E-state index contributed by atoms with van der Waals surface area (Å²) in [4.78, 5) is 13.2. The van der Waals surface area contributed by atoms with Crippen molar-refractivity contribution in [2.24, 2.45) is 5.84 Å². The number of nitrogens with zero attached hydrogens (tertiary/aromatic N) is 3. The third-order valence-corrected chi connectivity index (χ3v) is 4.66. The number of aromatic nitrogens is 3. The van der Waals surface area contributed by atoms with Crippen LogP contribution in [0.2, 0.25) is 10.0 Å². The minimum atomic E-state index is 0.451. The molecule has 0 amide bonds. The maximum absolute atomic E-state index is 6.18. The molecule has 5 nitrogen and oxygen atoms in total. The maximum Gasteiger partial charge on any atom is 0.189 e. The van der Waals surface area contributed by atoms with Crippen LogP contribution in [0.1, 0.15) is 0 Å². The molecular weight excluding hydrogens is 365 g/mol. The lowest BCUT2D eigenvalue weighted by molar-refractivity contribution is 0.974. The van der Waals surface area contributed by atoms with Gasteiger partial charge in [0, 0.05) is 18.0 Å². The van der Waals surface area contributed by atoms with Gasteiger partial charge in [-0.05, 0) is 36.1 Å². The van der Waals surface area contributed by atoms with Crippen molar-refractivity contribution in [2.75, 3.05) is 11.7 Å². The number of nitrogens with two attached hydrogens (primary N) is 1. The molecule has 2 heterocycles. The van der Waals surface area contributed by atoms with E-state index in [0.717, 1.165) is 22.4 Å². The van der Waals surface area contributed by atoms with Crippen LogP contribution < -0.4 is 11.3 Å². The Hall–Kier alpha value is -1.86. The minimum absolute atomic E-state index is 0.451. The van der Waals surface area contributed by atoms with Gasteiger partial charge in [-0.15, -0.1) is 0 Å². The van der Waals surface area contributed by atoms with Crippen LogP contribution in [0, 0.1) is 0 Å². The Morgan fingerprint density at radius 2 is 1.75 bits per heavy atom. The molecule has 0 fully saturated rings. The van der Waals surface area contributed by atoms with Crippen LogP contribution in [-0.2, 0) is 0 Å². The van der Waals surface area contributed by atoms with E-state index in [1.165, 1.54) is 11.8 Å². The molecule has 3 rings (SSSR count). The first-order chi connectivity index (χ1) is 11.6. The van der Waals surface area contributed by atoms with Crippen LogP contribution >= 0.6 is 35.0 Å². The molecule has 0 saturated carbocycles. The zero-order chi connectivity index (χ0) is 17.1. The molecule has 2 aromatic heterocycles. The average molecular weight is 378 g/mol. The van der Waals surface area contributed by atoms with Crippen molar-refractivity contribution in [1.29, 1.82) is 0 Å². The van der Waals surface area contributed by atoms with Crippen LogP contribution in [0.25, 0.3) is 22.4 Å². The second kappa shape index (κ2) is 7.36. The first-order valence-electron chi connectivity index (χ1n) is 6.92. The number of nitrogen functional groups attached to an aromatic ring is 1. The van der Waals surface area contributed by atoms with E-state index in [2.05, 4.69) is 20.4 Å². The largest absolute Gasteiger partial charge is 0.308 e. The molecule has 3 aromatic rings. The molecule has 0 aliphatic heterocycles. The SMILES string of the molecule is CSc1nc(NN)c(-c2ccc(Cl)c(Cl)c2)c(-c2ccncc2)n1. The second-order valence-corrected chi connectivity index (χ2v) is 6.38. The quantitative estimate of drug-likeness (QED) is 0.301. The number of nitrogens with one attached hydrogen (secondary N) is 1. The predicted octanol–water partition coefficient (Wildman–Crippen LogP) is 4.52. The molecule has 122 valence electrons. The van der Waals surface area contributed by atoms with Crippen LogP contribution in [-0.4, -0.2) is 21.2 Å². The monoisotopic (exact) mass is 377 g/mol. The summed E-state index contributed by atoms with van der Waals surface area (Å²) in [5.41, 5.74) is 5.87. The highest BCUT2D eigenvalue weighted by Gasteiger charge is 2.18. The van der Waals surface area contributed by atoms with Crippen molar-refractivity contribution in [2.45, 2.75) is 5.16 Å². The van der Waals surface area contributed by atoms with E-state index in [4.69, 9.17) is 29.0 Å². The first kappa shape index (κ1) is 17.0. The fourth-order valence-corrected chi connectivity index (χ4v) is 2.94. The molecule has 1 aromatic carbocycles. The summed E-state index contributed by atoms with van der Waals surface area (Å²) in [6.07, 6.45) is 5.33. The van der Waals surface area contributed by atoms with Crippen LogP contribution in [0.5, 0.6) is 0 Å². The Morgan fingerprint density at radius 3 is 2.38 bits per heavy atom. The molecule has 0 bridgehead atoms. The Bertz CT molecular complexity index is 874. The number of halogens is 2. The molecule has 0 saturated heterocycles. The van der Waals surface area contributed by atoms with E-state index in [1.807, 2.05) is 24.5 Å². The van der Waals surface area contributed by atoms with Gasteiger partial charge in [0.05, 0.1) is 21.3 Å². The van der Waals surface area contributed by atoms with Gasteiger partial charge in [-0.3, -0.25) is 4.98 Å². The topological polar surface area (TPSA) is 76.7 Å². The first-order valence-corrected chi connectivity index (χ1v) is 8.90. The summed E-state index contributed by atoms with van der Waals surface area (Å²) >= 11 is 13.6. The van der Waals surface area contributed by atoms with E-state index >= 15 is 0 Å². The van der Waals surface area contributed by atoms with Crippen molar-refractivity contribution in [1.82, 2.24) is 15.0 Å². The van der Waals surface area contributed by atoms with Crippen LogP contribution in [0.3, 0.4) is 0 Å². The number of hydrogen-bond acceptors (Lipinski definition) is 6. The maximum atomic E-state index is 6.18. The van der Waals surface area contributed by atoms with Gasteiger partial charge in [-0.2, -0.15) is 0 Å². The van der Waals surface area contributed by atoms with Gasteiger partial charge in [0.15, 0.2) is 11.0 Å². The Morgan fingerprint density at radius 1 is 1.00 bits per heavy atom. The average Bonchev–Trinajstić information content (AvgIpc) is 2.63. The molecule has 24 heavy (non-hydrogen) atoms. The van der Waals surface area contributed by atoms with E-state index < -0.39 is 0 Å². The second-order valence-electron chi connectivity index (χ2n) is 4.79. The van der Waals surface area contributed by atoms with Crippen LogP contribution in [0.4, 0.5) is 5.82 Å². The van der Waals surface area contributed by atoms with Crippen molar-refractivity contribution in [3.63, 3.8) is 0 Å². The lowest BCUT2D eigenvalue weighted by Gasteiger charge is -2.15. The Kier molecular flexibility index (Phi) is 5.20. The summed E-state index contributed by atoms with van der Waals surface area (Å²) < 4.78 is 0. The van der Waals surface area contributed by atoms with Crippen LogP contribution in [0.15, 0.2) is 47.9 Å². The van der Waals surface area contributed by atoms with E-state index in [-0.39, 0.29) is 0 Å². The number of benzene rings is 1. The zero-order valence-corrected chi connectivity index (χ0v) is 15.0. The summed E-state index contributed by atoms with van der Waals surface area (Å²) in [6.45, 7) is 0. The number of hydrogen-bond donors (Lipinski definition) is 2. The molecule has 0 unspecified atom stereocenters. The summed E-state index contributed by atoms with van der Waals surface area (Å²) in [6, 6.07) is 9.13. The molecule has 0 aliphatic rings. The summed E-state index contributed by atoms with van der Waals surface area (Å²) in [5, 5.41) is 1.54. The molecule has 0 atom stereocenters. The predicted molar refractivity (Wildman–Crippen MR) is 100 cm³/mol. The Labute approximate surface area is 153 Å². The summed E-state index contributed by atoms with van der Waals surface area (Å²) in [7, 11) is 0. The zero-order valence-electron chi connectivity index (χ0n) is 12.6. The van der Waals surface area contributed by atoms with Gasteiger partial charge in [0.2, 0.25) is 0 Å². The molecule has 0 spiro atoms.